The molecule has 1 N–H and O–H groups in total. The zero-order chi connectivity index (χ0) is 22.8. The number of halogens is 1. The van der Waals surface area contributed by atoms with Crippen LogP contribution in [0, 0.1) is 13.8 Å². The van der Waals surface area contributed by atoms with Crippen molar-refractivity contribution in [2.45, 2.75) is 56.6 Å². The third kappa shape index (κ3) is 5.22. The number of amides is 1. The van der Waals surface area contributed by atoms with E-state index in [1.54, 1.807) is 37.4 Å². The predicted octanol–water partition coefficient (Wildman–Crippen LogP) is 3.91. The first kappa shape index (κ1) is 23.6. The standard InChI is InChI=1S/C23H29ClN2O4S/c1-16-8-12-19(13-9-16)31(29,30)26(18-11-10-17(2)20(24)14-18)15-23(28)25(3)21-6-4-5-7-22(21)27/h8-14,21-22,27H,4-7,15H2,1-3H3. The average molecular weight is 465 g/mol. The summed E-state index contributed by atoms with van der Waals surface area (Å²) >= 11 is 6.26. The van der Waals surface area contributed by atoms with E-state index in [1.807, 2.05) is 13.8 Å². The molecule has 1 amide bonds. The lowest BCUT2D eigenvalue weighted by atomic mass is 9.91. The molecule has 168 valence electrons. The van der Waals surface area contributed by atoms with E-state index in [-0.39, 0.29) is 23.4 Å². The predicted molar refractivity (Wildman–Crippen MR) is 123 cm³/mol. The maximum absolute atomic E-state index is 13.5. The molecule has 1 aliphatic carbocycles. The molecule has 0 heterocycles. The van der Waals surface area contributed by atoms with Crippen molar-refractivity contribution in [3.8, 4) is 0 Å². The number of likely N-dealkylation sites (N-methyl/N-ethyl adjacent to an activating group) is 1. The molecule has 2 atom stereocenters. The fourth-order valence-electron chi connectivity index (χ4n) is 3.85. The van der Waals surface area contributed by atoms with Gasteiger partial charge in [0.2, 0.25) is 5.91 Å². The zero-order valence-corrected chi connectivity index (χ0v) is 19.7. The third-order valence-corrected chi connectivity index (χ3v) is 8.11. The number of anilines is 1. The van der Waals surface area contributed by atoms with Crippen molar-refractivity contribution in [2.75, 3.05) is 17.9 Å². The molecular weight excluding hydrogens is 436 g/mol. The Morgan fingerprint density at radius 1 is 1.10 bits per heavy atom. The number of nitrogens with zero attached hydrogens (tertiary/aromatic N) is 2. The second-order valence-electron chi connectivity index (χ2n) is 8.18. The Morgan fingerprint density at radius 2 is 1.74 bits per heavy atom. The van der Waals surface area contributed by atoms with Gasteiger partial charge in [0.15, 0.2) is 0 Å². The Labute approximate surface area is 189 Å². The number of carbonyl (C=O) groups excluding carboxylic acids is 1. The number of aliphatic hydroxyl groups excluding tert-OH is 1. The maximum atomic E-state index is 13.5. The van der Waals surface area contributed by atoms with Gasteiger partial charge in [0.25, 0.3) is 10.0 Å². The molecule has 1 aliphatic rings. The van der Waals surface area contributed by atoms with Crippen LogP contribution in [-0.4, -0.2) is 50.1 Å². The fraction of sp³-hybridized carbons (Fsp3) is 0.435. The smallest absolute Gasteiger partial charge is 0.264 e. The Kier molecular flexibility index (Phi) is 7.29. The lowest BCUT2D eigenvalue weighted by Crippen LogP contribution is -2.50. The van der Waals surface area contributed by atoms with Gasteiger partial charge in [-0.3, -0.25) is 9.10 Å². The molecule has 0 radical (unpaired) electrons. The van der Waals surface area contributed by atoms with Gasteiger partial charge >= 0.3 is 0 Å². The number of carbonyl (C=O) groups is 1. The molecule has 2 unspecified atom stereocenters. The molecule has 0 saturated heterocycles. The van der Waals surface area contributed by atoms with Gasteiger partial charge in [-0.05, 0) is 56.5 Å². The van der Waals surface area contributed by atoms with E-state index in [9.17, 15) is 18.3 Å². The number of hydrogen-bond donors (Lipinski definition) is 1. The summed E-state index contributed by atoms with van der Waals surface area (Å²) in [5.41, 5.74) is 2.07. The quantitative estimate of drug-likeness (QED) is 0.702. The van der Waals surface area contributed by atoms with Crippen molar-refractivity contribution < 1.29 is 18.3 Å². The number of rotatable bonds is 6. The Hall–Kier alpha value is -2.09. The van der Waals surface area contributed by atoms with Crippen LogP contribution >= 0.6 is 11.6 Å². The monoisotopic (exact) mass is 464 g/mol. The summed E-state index contributed by atoms with van der Waals surface area (Å²) in [7, 11) is -2.38. The largest absolute Gasteiger partial charge is 0.391 e. The van der Waals surface area contributed by atoms with Crippen molar-refractivity contribution >= 4 is 33.2 Å². The van der Waals surface area contributed by atoms with Gasteiger partial charge in [-0.25, -0.2) is 8.42 Å². The highest BCUT2D eigenvalue weighted by molar-refractivity contribution is 7.92. The molecule has 2 aromatic carbocycles. The van der Waals surface area contributed by atoms with E-state index in [0.717, 1.165) is 28.3 Å². The van der Waals surface area contributed by atoms with Crippen LogP contribution in [0.5, 0.6) is 0 Å². The molecular formula is C23H29ClN2O4S. The number of sulfonamides is 1. The lowest BCUT2D eigenvalue weighted by molar-refractivity contribution is -0.133. The minimum Gasteiger partial charge on any atom is -0.391 e. The Bertz CT molecular complexity index is 1040. The molecule has 2 aromatic rings. The highest BCUT2D eigenvalue weighted by atomic mass is 35.5. The number of aryl methyl sites for hydroxylation is 2. The number of aliphatic hydroxyl groups is 1. The van der Waals surface area contributed by atoms with E-state index < -0.39 is 16.1 Å². The molecule has 0 aromatic heterocycles. The van der Waals surface area contributed by atoms with Gasteiger partial charge < -0.3 is 10.0 Å². The SMILES string of the molecule is Cc1ccc(S(=O)(=O)N(CC(=O)N(C)C2CCCCC2O)c2ccc(C)c(Cl)c2)cc1. The van der Waals surface area contributed by atoms with Crippen LogP contribution in [0.25, 0.3) is 0 Å². The van der Waals surface area contributed by atoms with E-state index in [4.69, 9.17) is 11.6 Å². The molecule has 0 bridgehead atoms. The normalized spacial score (nSPS) is 19.1. The van der Waals surface area contributed by atoms with Crippen LogP contribution in [0.4, 0.5) is 5.69 Å². The number of benzene rings is 2. The summed E-state index contributed by atoms with van der Waals surface area (Å²) in [4.78, 5) is 14.7. The molecule has 1 fully saturated rings. The minimum atomic E-state index is -4.01. The van der Waals surface area contributed by atoms with Crippen molar-refractivity contribution in [1.29, 1.82) is 0 Å². The van der Waals surface area contributed by atoms with Crippen LogP contribution < -0.4 is 4.31 Å². The Morgan fingerprint density at radius 3 is 2.35 bits per heavy atom. The van der Waals surface area contributed by atoms with Gasteiger partial charge in [-0.15, -0.1) is 0 Å². The van der Waals surface area contributed by atoms with Crippen LogP contribution in [-0.2, 0) is 14.8 Å². The minimum absolute atomic E-state index is 0.1000. The first-order chi connectivity index (χ1) is 14.6. The van der Waals surface area contributed by atoms with E-state index >= 15 is 0 Å². The van der Waals surface area contributed by atoms with Crippen LogP contribution in [0.2, 0.25) is 5.02 Å². The van der Waals surface area contributed by atoms with Gasteiger partial charge in [0.05, 0.1) is 22.7 Å². The lowest BCUT2D eigenvalue weighted by Gasteiger charge is -2.36. The molecule has 31 heavy (non-hydrogen) atoms. The highest BCUT2D eigenvalue weighted by Gasteiger charge is 2.33. The summed E-state index contributed by atoms with van der Waals surface area (Å²) < 4.78 is 28.1. The highest BCUT2D eigenvalue weighted by Crippen LogP contribution is 2.29. The molecule has 0 spiro atoms. The summed E-state index contributed by atoms with van der Waals surface area (Å²) in [6.45, 7) is 3.32. The van der Waals surface area contributed by atoms with E-state index in [1.165, 1.54) is 17.0 Å². The van der Waals surface area contributed by atoms with Gasteiger partial charge in [0, 0.05) is 12.1 Å². The second-order valence-corrected chi connectivity index (χ2v) is 10.5. The summed E-state index contributed by atoms with van der Waals surface area (Å²) in [6, 6.07) is 11.1. The second kappa shape index (κ2) is 9.59. The van der Waals surface area contributed by atoms with Crippen molar-refractivity contribution in [2.24, 2.45) is 0 Å². The average Bonchev–Trinajstić information content (AvgIpc) is 2.74. The van der Waals surface area contributed by atoms with Crippen molar-refractivity contribution in [3.63, 3.8) is 0 Å². The first-order valence-electron chi connectivity index (χ1n) is 10.4. The van der Waals surface area contributed by atoms with Gasteiger partial charge in [0.1, 0.15) is 6.54 Å². The molecule has 6 nitrogen and oxygen atoms in total. The van der Waals surface area contributed by atoms with Gasteiger partial charge in [-0.1, -0.05) is 48.2 Å². The van der Waals surface area contributed by atoms with Crippen molar-refractivity contribution in [1.82, 2.24) is 4.90 Å². The maximum Gasteiger partial charge on any atom is 0.264 e. The summed E-state index contributed by atoms with van der Waals surface area (Å²) in [6.07, 6.45) is 2.60. The third-order valence-electron chi connectivity index (χ3n) is 5.92. The van der Waals surface area contributed by atoms with E-state index in [0.29, 0.717) is 23.6 Å². The Balaban J connectivity index is 1.96. The van der Waals surface area contributed by atoms with E-state index in [2.05, 4.69) is 0 Å². The zero-order valence-electron chi connectivity index (χ0n) is 18.1. The van der Waals surface area contributed by atoms with Crippen LogP contribution in [0.15, 0.2) is 47.4 Å². The van der Waals surface area contributed by atoms with Crippen LogP contribution in [0.1, 0.15) is 36.8 Å². The number of hydrogen-bond acceptors (Lipinski definition) is 4. The van der Waals surface area contributed by atoms with Crippen molar-refractivity contribution in [3.05, 3.63) is 58.6 Å². The topological polar surface area (TPSA) is 77.9 Å². The molecule has 1 saturated carbocycles. The fourth-order valence-corrected chi connectivity index (χ4v) is 5.43. The first-order valence-corrected chi connectivity index (χ1v) is 12.2. The molecule has 3 rings (SSSR count). The summed E-state index contributed by atoms with van der Waals surface area (Å²) in [5.74, 6) is -0.377. The summed E-state index contributed by atoms with van der Waals surface area (Å²) in [5, 5.41) is 10.7. The molecule has 8 heteroatoms. The van der Waals surface area contributed by atoms with Gasteiger partial charge in [-0.2, -0.15) is 0 Å². The van der Waals surface area contributed by atoms with Crippen LogP contribution in [0.3, 0.4) is 0 Å². The molecule has 0 aliphatic heterocycles.